The highest BCUT2D eigenvalue weighted by Crippen LogP contribution is 2.33. The molecule has 0 saturated carbocycles. The van der Waals surface area contributed by atoms with E-state index in [0.717, 1.165) is 46.2 Å². The van der Waals surface area contributed by atoms with Crippen molar-refractivity contribution >= 4 is 40.7 Å². The molecule has 0 amide bonds. The van der Waals surface area contributed by atoms with Gasteiger partial charge in [0.2, 0.25) is 0 Å². The number of nitrogens with zero attached hydrogens (tertiary/aromatic N) is 5. The highest BCUT2D eigenvalue weighted by Gasteiger charge is 2.30. The fourth-order valence-electron chi connectivity index (χ4n) is 3.57. The van der Waals surface area contributed by atoms with Gasteiger partial charge in [-0.05, 0) is 40.2 Å². The number of rotatable bonds is 7. The van der Waals surface area contributed by atoms with Gasteiger partial charge in [0.05, 0.1) is 36.7 Å². The van der Waals surface area contributed by atoms with Crippen molar-refractivity contribution in [2.75, 3.05) is 31.3 Å². The number of hydrogen-bond donors (Lipinski definition) is 0. The van der Waals surface area contributed by atoms with E-state index in [9.17, 15) is 0 Å². The van der Waals surface area contributed by atoms with E-state index < -0.39 is 8.07 Å². The molecule has 1 aliphatic rings. The van der Waals surface area contributed by atoms with Gasteiger partial charge in [-0.3, -0.25) is 0 Å². The fraction of sp³-hybridized carbons (Fsp3) is 0.476. The summed E-state index contributed by atoms with van der Waals surface area (Å²) in [6.07, 6.45) is 3.68. The molecule has 4 rings (SSSR count). The number of anilines is 1. The van der Waals surface area contributed by atoms with Gasteiger partial charge in [-0.1, -0.05) is 25.7 Å². The number of pyridine rings is 2. The number of fused-ring (bicyclic) bond motifs is 1. The predicted octanol–water partition coefficient (Wildman–Crippen LogP) is 4.48. The molecule has 0 spiro atoms. The molecular weight excluding hydrogens is 462 g/mol. The third-order valence-corrected chi connectivity index (χ3v) is 7.37. The molecule has 0 N–H and O–H groups in total. The van der Waals surface area contributed by atoms with Crippen molar-refractivity contribution in [1.29, 1.82) is 0 Å². The number of hydrogen-bond acceptors (Lipinski definition) is 6. The highest BCUT2D eigenvalue weighted by atomic mass is 79.9. The van der Waals surface area contributed by atoms with Crippen LogP contribution in [0.25, 0.3) is 10.9 Å². The number of morpholine rings is 1. The molecule has 1 saturated heterocycles. The molecule has 7 nitrogen and oxygen atoms in total. The van der Waals surface area contributed by atoms with Gasteiger partial charge in [0.1, 0.15) is 17.2 Å². The van der Waals surface area contributed by atoms with Gasteiger partial charge in [-0.15, -0.1) is 0 Å². The van der Waals surface area contributed by atoms with Crippen LogP contribution in [-0.2, 0) is 16.2 Å². The van der Waals surface area contributed by atoms with Crippen molar-refractivity contribution in [3.63, 3.8) is 0 Å². The lowest BCUT2D eigenvalue weighted by molar-refractivity contribution is 0.0782. The van der Waals surface area contributed by atoms with E-state index in [0.29, 0.717) is 19.9 Å². The first-order valence-electron chi connectivity index (χ1n) is 10.3. The van der Waals surface area contributed by atoms with E-state index in [2.05, 4.69) is 50.4 Å². The maximum absolute atomic E-state index is 5.98. The Morgan fingerprint density at radius 3 is 2.90 bits per heavy atom. The third-order valence-electron chi connectivity index (χ3n) is 5.23. The Morgan fingerprint density at radius 1 is 1.27 bits per heavy atom. The van der Waals surface area contributed by atoms with Crippen LogP contribution in [0, 0.1) is 0 Å². The molecule has 1 aliphatic heterocycles. The molecule has 0 radical (unpaired) electrons. The third kappa shape index (κ3) is 4.91. The maximum atomic E-state index is 5.98. The van der Waals surface area contributed by atoms with Crippen LogP contribution in [0.4, 0.5) is 5.82 Å². The smallest absolute Gasteiger partial charge is 0.140 e. The molecule has 1 unspecified atom stereocenters. The molecule has 3 aromatic heterocycles. The minimum absolute atomic E-state index is 0.0197. The first-order chi connectivity index (χ1) is 14.4. The van der Waals surface area contributed by atoms with Crippen LogP contribution in [0.5, 0.6) is 0 Å². The summed E-state index contributed by atoms with van der Waals surface area (Å²) in [4.78, 5) is 11.3. The standard InChI is InChI=1S/C21H28BrN5O2Si/c1-30(2,3)11-10-29-15-27-17-13-24-19(22)12-16(17)21(25-27)18-14-28-9-8-26(18)20-6-4-5-7-23-20/h4-7,12-13,18H,8-11,14-15H2,1-3H3. The topological polar surface area (TPSA) is 65.3 Å². The van der Waals surface area contributed by atoms with Crippen LogP contribution in [0.3, 0.4) is 0 Å². The van der Waals surface area contributed by atoms with E-state index in [1.165, 1.54) is 0 Å². The second-order valence-corrected chi connectivity index (χ2v) is 15.2. The molecule has 0 aromatic carbocycles. The van der Waals surface area contributed by atoms with Crippen LogP contribution in [-0.4, -0.2) is 54.2 Å². The largest absolute Gasteiger partial charge is 0.377 e. The van der Waals surface area contributed by atoms with Gasteiger partial charge in [0.25, 0.3) is 0 Å². The summed E-state index contributed by atoms with van der Waals surface area (Å²) < 4.78 is 14.5. The highest BCUT2D eigenvalue weighted by molar-refractivity contribution is 9.10. The molecule has 9 heteroatoms. The molecule has 160 valence electrons. The lowest BCUT2D eigenvalue weighted by Crippen LogP contribution is -2.40. The van der Waals surface area contributed by atoms with Gasteiger partial charge >= 0.3 is 0 Å². The van der Waals surface area contributed by atoms with Crippen molar-refractivity contribution in [1.82, 2.24) is 19.7 Å². The molecule has 4 heterocycles. The van der Waals surface area contributed by atoms with Gasteiger partial charge in [-0.25, -0.2) is 14.6 Å². The first-order valence-corrected chi connectivity index (χ1v) is 14.8. The van der Waals surface area contributed by atoms with Crippen LogP contribution in [0.15, 0.2) is 41.3 Å². The second-order valence-electron chi connectivity index (χ2n) is 8.73. The monoisotopic (exact) mass is 489 g/mol. The van der Waals surface area contributed by atoms with E-state index in [1.807, 2.05) is 41.3 Å². The quantitative estimate of drug-likeness (QED) is 0.277. The van der Waals surface area contributed by atoms with E-state index in [-0.39, 0.29) is 6.04 Å². The summed E-state index contributed by atoms with van der Waals surface area (Å²) in [5.41, 5.74) is 1.93. The van der Waals surface area contributed by atoms with Crippen LogP contribution in [0.1, 0.15) is 11.7 Å². The Morgan fingerprint density at radius 2 is 2.13 bits per heavy atom. The number of halogens is 1. The molecular formula is C21H28BrN5O2Si. The summed E-state index contributed by atoms with van der Waals surface area (Å²) in [6.45, 7) is 10.3. The minimum Gasteiger partial charge on any atom is -0.377 e. The molecule has 0 bridgehead atoms. The van der Waals surface area contributed by atoms with Crippen molar-refractivity contribution in [3.8, 4) is 0 Å². The van der Waals surface area contributed by atoms with E-state index >= 15 is 0 Å². The average molecular weight is 490 g/mol. The molecule has 1 atom stereocenters. The summed E-state index contributed by atoms with van der Waals surface area (Å²) in [5.74, 6) is 0.938. The Bertz CT molecular complexity index is 992. The molecule has 30 heavy (non-hydrogen) atoms. The zero-order chi connectivity index (χ0) is 21.1. The Hall–Kier alpha value is -1.81. The average Bonchev–Trinajstić information content (AvgIpc) is 3.08. The molecule has 3 aromatic rings. The van der Waals surface area contributed by atoms with Gasteiger partial charge in [-0.2, -0.15) is 5.10 Å². The molecule has 0 aliphatic carbocycles. The normalized spacial score (nSPS) is 17.6. The van der Waals surface area contributed by atoms with Crippen LogP contribution < -0.4 is 4.90 Å². The number of ether oxygens (including phenoxy) is 2. The van der Waals surface area contributed by atoms with Gasteiger partial charge < -0.3 is 14.4 Å². The van der Waals surface area contributed by atoms with Gasteiger partial charge in [0.15, 0.2) is 0 Å². The summed E-state index contributed by atoms with van der Waals surface area (Å²) >= 11 is 3.51. The Labute approximate surface area is 186 Å². The van der Waals surface area contributed by atoms with Crippen LogP contribution in [0.2, 0.25) is 25.7 Å². The lowest BCUT2D eigenvalue weighted by atomic mass is 10.1. The van der Waals surface area contributed by atoms with Crippen molar-refractivity contribution in [2.45, 2.75) is 38.5 Å². The zero-order valence-electron chi connectivity index (χ0n) is 17.7. The SMILES string of the molecule is C[Si](C)(C)CCOCn1nc(C2COCCN2c2ccccn2)c2cc(Br)ncc21. The predicted molar refractivity (Wildman–Crippen MR) is 124 cm³/mol. The Kier molecular flexibility index (Phi) is 6.52. The van der Waals surface area contributed by atoms with Crippen molar-refractivity contribution in [3.05, 3.63) is 47.0 Å². The van der Waals surface area contributed by atoms with E-state index in [1.54, 1.807) is 0 Å². The summed E-state index contributed by atoms with van der Waals surface area (Å²) in [5, 5.41) is 6.01. The number of aromatic nitrogens is 4. The Balaban J connectivity index is 1.65. The lowest BCUT2D eigenvalue weighted by Gasteiger charge is -2.35. The minimum atomic E-state index is -1.13. The summed E-state index contributed by atoms with van der Waals surface area (Å²) in [6, 6.07) is 9.12. The summed E-state index contributed by atoms with van der Waals surface area (Å²) in [7, 11) is -1.13. The van der Waals surface area contributed by atoms with Crippen molar-refractivity contribution < 1.29 is 9.47 Å². The van der Waals surface area contributed by atoms with Gasteiger partial charge in [0, 0.05) is 32.8 Å². The molecule has 1 fully saturated rings. The second kappa shape index (κ2) is 9.13. The fourth-order valence-corrected chi connectivity index (χ4v) is 4.66. The first kappa shape index (κ1) is 21.4. The maximum Gasteiger partial charge on any atom is 0.140 e. The van der Waals surface area contributed by atoms with E-state index in [4.69, 9.17) is 14.6 Å². The van der Waals surface area contributed by atoms with Crippen molar-refractivity contribution in [2.24, 2.45) is 0 Å². The van der Waals surface area contributed by atoms with Crippen LogP contribution >= 0.6 is 15.9 Å². The zero-order valence-corrected chi connectivity index (χ0v) is 20.3.